The van der Waals surface area contributed by atoms with E-state index in [1.54, 1.807) is 0 Å². The van der Waals surface area contributed by atoms with Crippen molar-refractivity contribution in [3.05, 3.63) is 12.7 Å². The van der Waals surface area contributed by atoms with Crippen molar-refractivity contribution < 1.29 is 0 Å². The van der Waals surface area contributed by atoms with Crippen LogP contribution in [0.15, 0.2) is 12.7 Å². The lowest BCUT2D eigenvalue weighted by Gasteiger charge is -2.03. The lowest BCUT2D eigenvalue weighted by molar-refractivity contribution is 0.529. The summed E-state index contributed by atoms with van der Waals surface area (Å²) in [5.74, 6) is 0. The first-order valence-corrected chi connectivity index (χ1v) is 12.4. The van der Waals surface area contributed by atoms with Gasteiger partial charge < -0.3 is 5.32 Å². The molecule has 0 aromatic carbocycles. The van der Waals surface area contributed by atoms with Crippen LogP contribution in [0.2, 0.25) is 0 Å². The summed E-state index contributed by atoms with van der Waals surface area (Å²) < 4.78 is 0. The average molecular weight is 396 g/mol. The molecule has 0 bridgehead atoms. The number of rotatable bonds is 18. The standard InChI is InChI=1S/C19H40.C4H9N.C2H6.C2H2/c1-3-5-7-9-11-13-15-17-19-18-16-14-12-10-8-6-4-2;1-3-4-5-2;2*1-2/h3-19H2,1-2H3;3,5H,1,4H2,2H3;1-2H3;1-2H. The fourth-order valence-corrected chi connectivity index (χ4v) is 2.94. The molecule has 1 heteroatoms. The molecule has 0 spiro atoms. The molecule has 0 rings (SSSR count). The smallest absolute Gasteiger partial charge is 0.0129 e. The van der Waals surface area contributed by atoms with Crippen LogP contribution in [0.5, 0.6) is 0 Å². The Bertz CT molecular complexity index is 216. The molecule has 28 heavy (non-hydrogen) atoms. The Morgan fingerprint density at radius 2 is 0.786 bits per heavy atom. The maximum Gasteiger partial charge on any atom is 0.0129 e. The third kappa shape index (κ3) is 49.9. The van der Waals surface area contributed by atoms with Gasteiger partial charge in [0.25, 0.3) is 0 Å². The minimum Gasteiger partial charge on any atom is -0.316 e. The van der Waals surface area contributed by atoms with Gasteiger partial charge >= 0.3 is 0 Å². The molecule has 0 atom stereocenters. The Morgan fingerprint density at radius 3 is 0.893 bits per heavy atom. The first-order valence-electron chi connectivity index (χ1n) is 12.4. The Hall–Kier alpha value is -0.740. The van der Waals surface area contributed by atoms with Crippen molar-refractivity contribution >= 4 is 0 Å². The molecule has 0 saturated carbocycles. The minimum atomic E-state index is 0.903. The molecule has 0 aliphatic carbocycles. The molecule has 0 unspecified atom stereocenters. The van der Waals surface area contributed by atoms with Crippen LogP contribution in [0.1, 0.15) is 137 Å². The van der Waals surface area contributed by atoms with Gasteiger partial charge in [0.05, 0.1) is 0 Å². The van der Waals surface area contributed by atoms with Crippen LogP contribution >= 0.6 is 0 Å². The zero-order valence-electron chi connectivity index (χ0n) is 20.7. The summed E-state index contributed by atoms with van der Waals surface area (Å²) in [6.07, 6.45) is 34.7. The Labute approximate surface area is 181 Å². The van der Waals surface area contributed by atoms with Gasteiger partial charge in [-0.25, -0.2) is 0 Å². The van der Waals surface area contributed by atoms with Crippen LogP contribution in [-0.4, -0.2) is 13.6 Å². The molecule has 0 saturated heterocycles. The van der Waals surface area contributed by atoms with Gasteiger partial charge in [-0.05, 0) is 7.05 Å². The van der Waals surface area contributed by atoms with E-state index in [0.29, 0.717) is 0 Å². The highest BCUT2D eigenvalue weighted by molar-refractivity contribution is 4.66. The number of unbranched alkanes of at least 4 members (excludes halogenated alkanes) is 16. The van der Waals surface area contributed by atoms with Gasteiger partial charge in [-0.2, -0.15) is 0 Å². The van der Waals surface area contributed by atoms with Crippen LogP contribution in [0.4, 0.5) is 0 Å². The van der Waals surface area contributed by atoms with Crippen molar-refractivity contribution in [3.8, 4) is 12.8 Å². The summed E-state index contributed by atoms with van der Waals surface area (Å²) in [5, 5.41) is 2.90. The second-order valence-corrected chi connectivity index (χ2v) is 7.15. The maximum atomic E-state index is 4.00. The topological polar surface area (TPSA) is 12.0 Å². The number of terminal acetylenes is 1. The summed E-state index contributed by atoms with van der Waals surface area (Å²) in [4.78, 5) is 0. The predicted octanol–water partition coefficient (Wildman–Crippen LogP) is 9.33. The SMILES string of the molecule is C#C.C=CCNC.CC.CCCCCCCCCCCCCCCCCCC. The first kappa shape index (κ1) is 34.7. The average Bonchev–Trinajstić information content (AvgIpc) is 2.75. The zero-order valence-corrected chi connectivity index (χ0v) is 20.7. The maximum absolute atomic E-state index is 4.00. The second-order valence-electron chi connectivity index (χ2n) is 7.15. The summed E-state index contributed by atoms with van der Waals surface area (Å²) >= 11 is 0. The summed E-state index contributed by atoms with van der Waals surface area (Å²) in [7, 11) is 1.89. The highest BCUT2D eigenvalue weighted by atomic mass is 14.8. The van der Waals surface area contributed by atoms with Crippen LogP contribution in [-0.2, 0) is 0 Å². The van der Waals surface area contributed by atoms with E-state index in [2.05, 4.69) is 38.6 Å². The summed E-state index contributed by atoms with van der Waals surface area (Å²) in [5.41, 5.74) is 0. The third-order valence-electron chi connectivity index (χ3n) is 4.56. The molecule has 1 nitrogen and oxygen atoms in total. The minimum absolute atomic E-state index is 0.903. The quantitative estimate of drug-likeness (QED) is 0.138. The molecule has 0 amide bonds. The number of hydrogen-bond acceptors (Lipinski definition) is 1. The molecule has 0 aliphatic heterocycles. The summed E-state index contributed by atoms with van der Waals surface area (Å²) in [6.45, 7) is 13.0. The van der Waals surface area contributed by atoms with Crippen LogP contribution in [0.25, 0.3) is 0 Å². The molecule has 0 fully saturated rings. The van der Waals surface area contributed by atoms with Gasteiger partial charge in [0.1, 0.15) is 0 Å². The molecular weight excluding hydrogens is 338 g/mol. The number of likely N-dealkylation sites (N-methyl/N-ethyl adjacent to an activating group) is 1. The second kappa shape index (κ2) is 45.2. The van der Waals surface area contributed by atoms with Gasteiger partial charge in [0.2, 0.25) is 0 Å². The van der Waals surface area contributed by atoms with E-state index < -0.39 is 0 Å². The fraction of sp³-hybridized carbons (Fsp3) is 0.852. The van der Waals surface area contributed by atoms with E-state index in [9.17, 15) is 0 Å². The highest BCUT2D eigenvalue weighted by Gasteiger charge is 1.94. The Balaban J connectivity index is -0.000000270. The van der Waals surface area contributed by atoms with E-state index in [4.69, 9.17) is 0 Å². The molecule has 170 valence electrons. The first-order chi connectivity index (χ1) is 13.8. The molecule has 0 aromatic rings. The largest absolute Gasteiger partial charge is 0.316 e. The van der Waals surface area contributed by atoms with Gasteiger partial charge in [-0.1, -0.05) is 143 Å². The van der Waals surface area contributed by atoms with Crippen molar-refractivity contribution in [2.45, 2.75) is 137 Å². The van der Waals surface area contributed by atoms with E-state index in [0.717, 1.165) is 6.54 Å². The molecule has 0 heterocycles. The van der Waals surface area contributed by atoms with Crippen molar-refractivity contribution in [2.75, 3.05) is 13.6 Å². The van der Waals surface area contributed by atoms with Gasteiger partial charge in [0, 0.05) is 6.54 Å². The van der Waals surface area contributed by atoms with Gasteiger partial charge in [-0.3, -0.25) is 0 Å². The van der Waals surface area contributed by atoms with E-state index in [-0.39, 0.29) is 0 Å². The van der Waals surface area contributed by atoms with E-state index >= 15 is 0 Å². The lowest BCUT2D eigenvalue weighted by atomic mass is 10.0. The molecular formula is C27H57N. The monoisotopic (exact) mass is 395 g/mol. The highest BCUT2D eigenvalue weighted by Crippen LogP contribution is 2.13. The molecule has 0 aromatic heterocycles. The van der Waals surface area contributed by atoms with Crippen molar-refractivity contribution in [1.82, 2.24) is 5.32 Å². The number of nitrogens with one attached hydrogen (secondary N) is 1. The molecule has 0 radical (unpaired) electrons. The fourth-order valence-electron chi connectivity index (χ4n) is 2.94. The van der Waals surface area contributed by atoms with Crippen molar-refractivity contribution in [3.63, 3.8) is 0 Å². The van der Waals surface area contributed by atoms with Gasteiger partial charge in [-0.15, -0.1) is 19.4 Å². The van der Waals surface area contributed by atoms with Gasteiger partial charge in [0.15, 0.2) is 0 Å². The molecule has 1 N–H and O–H groups in total. The Morgan fingerprint density at radius 1 is 0.571 bits per heavy atom. The summed E-state index contributed by atoms with van der Waals surface area (Å²) in [6, 6.07) is 0. The van der Waals surface area contributed by atoms with E-state index in [1.165, 1.54) is 109 Å². The van der Waals surface area contributed by atoms with Crippen LogP contribution in [0.3, 0.4) is 0 Å². The lowest BCUT2D eigenvalue weighted by Crippen LogP contribution is -2.02. The number of hydrogen-bond donors (Lipinski definition) is 1. The zero-order chi connectivity index (χ0) is 22.1. The normalized spacial score (nSPS) is 9.11. The molecule has 0 aliphatic rings. The third-order valence-corrected chi connectivity index (χ3v) is 4.56. The Kier molecular flexibility index (Phi) is 56.1. The van der Waals surface area contributed by atoms with Crippen molar-refractivity contribution in [1.29, 1.82) is 0 Å². The van der Waals surface area contributed by atoms with Crippen LogP contribution < -0.4 is 5.32 Å². The van der Waals surface area contributed by atoms with E-state index in [1.807, 2.05) is 27.0 Å². The van der Waals surface area contributed by atoms with Crippen LogP contribution in [0, 0.1) is 12.8 Å². The predicted molar refractivity (Wildman–Crippen MR) is 135 cm³/mol. The van der Waals surface area contributed by atoms with Crippen molar-refractivity contribution in [2.24, 2.45) is 0 Å².